The first-order valence-electron chi connectivity index (χ1n) is 12.0. The smallest absolute Gasteiger partial charge is 0.265 e. The number of rotatable bonds is 5. The van der Waals surface area contributed by atoms with Crippen LogP contribution in [0.3, 0.4) is 0 Å². The van der Waals surface area contributed by atoms with E-state index in [-0.39, 0.29) is 29.0 Å². The van der Waals surface area contributed by atoms with Crippen molar-refractivity contribution in [3.63, 3.8) is 0 Å². The number of sulfonamides is 1. The number of carbonyl (C=O) groups excluding carboxylic acids is 2. The van der Waals surface area contributed by atoms with Crippen molar-refractivity contribution in [3.8, 4) is 0 Å². The first-order valence-corrected chi connectivity index (χ1v) is 13.8. The number of amides is 2. The van der Waals surface area contributed by atoms with Gasteiger partial charge in [-0.15, -0.1) is 0 Å². The van der Waals surface area contributed by atoms with Crippen LogP contribution in [0.4, 0.5) is 11.4 Å². The second kappa shape index (κ2) is 9.82. The van der Waals surface area contributed by atoms with Crippen LogP contribution >= 0.6 is 11.6 Å². The van der Waals surface area contributed by atoms with Gasteiger partial charge in [-0.05, 0) is 68.9 Å². The molecule has 0 radical (unpaired) electrons. The minimum Gasteiger partial charge on any atom is -0.353 e. The summed E-state index contributed by atoms with van der Waals surface area (Å²) in [6.45, 7) is 7.55. The zero-order valence-corrected chi connectivity index (χ0v) is 22.1. The molecule has 35 heavy (non-hydrogen) atoms. The molecule has 2 aromatic rings. The largest absolute Gasteiger partial charge is 0.353 e. The summed E-state index contributed by atoms with van der Waals surface area (Å²) in [4.78, 5) is 26.4. The normalized spacial score (nSPS) is 22.4. The van der Waals surface area contributed by atoms with Crippen LogP contribution in [0.1, 0.15) is 55.7 Å². The second-order valence-corrected chi connectivity index (χ2v) is 12.1. The molecule has 0 spiro atoms. The molecule has 9 heteroatoms. The summed E-state index contributed by atoms with van der Waals surface area (Å²) in [6, 6.07) is 7.09. The fourth-order valence-electron chi connectivity index (χ4n) is 5.46. The van der Waals surface area contributed by atoms with Crippen LogP contribution in [0.15, 0.2) is 35.2 Å². The molecule has 3 unspecified atom stereocenters. The molecule has 188 valence electrons. The fourth-order valence-corrected chi connectivity index (χ4v) is 7.69. The summed E-state index contributed by atoms with van der Waals surface area (Å²) in [5.41, 5.74) is 2.70. The van der Waals surface area contributed by atoms with Gasteiger partial charge < -0.3 is 10.6 Å². The average Bonchev–Trinajstić information content (AvgIpc) is 2.73. The molecule has 1 aliphatic heterocycles. The molecule has 1 heterocycles. The molecular weight excluding hydrogens is 486 g/mol. The Kier molecular flexibility index (Phi) is 7.16. The number of nitrogens with zero attached hydrogens (tertiary/aromatic N) is 1. The Hall–Kier alpha value is -2.58. The molecular formula is C26H32ClN3O4S. The molecule has 0 bridgehead atoms. The van der Waals surface area contributed by atoms with Gasteiger partial charge in [0.25, 0.3) is 10.0 Å². The molecule has 2 aliphatic rings. The molecule has 0 aromatic heterocycles. The van der Waals surface area contributed by atoms with Crippen LogP contribution in [0.5, 0.6) is 0 Å². The Morgan fingerprint density at radius 2 is 1.83 bits per heavy atom. The number of carbonyl (C=O) groups is 2. The van der Waals surface area contributed by atoms with Crippen LogP contribution in [-0.4, -0.2) is 32.3 Å². The highest BCUT2D eigenvalue weighted by molar-refractivity contribution is 7.93. The average molecular weight is 518 g/mol. The van der Waals surface area contributed by atoms with Crippen molar-refractivity contribution < 1.29 is 18.0 Å². The molecule has 2 N–H and O–H groups in total. The van der Waals surface area contributed by atoms with Crippen molar-refractivity contribution in [3.05, 3.63) is 52.0 Å². The first-order chi connectivity index (χ1) is 16.5. The van der Waals surface area contributed by atoms with E-state index in [0.29, 0.717) is 27.8 Å². The van der Waals surface area contributed by atoms with Crippen LogP contribution in [0, 0.1) is 26.7 Å². The van der Waals surface area contributed by atoms with Crippen LogP contribution in [0.2, 0.25) is 5.02 Å². The Bertz CT molecular complexity index is 1250. The van der Waals surface area contributed by atoms with Crippen molar-refractivity contribution >= 4 is 44.8 Å². The maximum atomic E-state index is 14.1. The van der Waals surface area contributed by atoms with Crippen LogP contribution in [0.25, 0.3) is 0 Å². The zero-order valence-electron chi connectivity index (χ0n) is 20.5. The van der Waals surface area contributed by atoms with Gasteiger partial charge >= 0.3 is 0 Å². The summed E-state index contributed by atoms with van der Waals surface area (Å²) >= 11 is 6.13. The van der Waals surface area contributed by atoms with Gasteiger partial charge in [0.15, 0.2) is 0 Å². The fraction of sp³-hybridized carbons (Fsp3) is 0.462. The van der Waals surface area contributed by atoms with E-state index in [0.717, 1.165) is 35.6 Å². The Labute approximate surface area is 212 Å². The summed E-state index contributed by atoms with van der Waals surface area (Å²) in [6.07, 6.45) is 3.67. The van der Waals surface area contributed by atoms with Crippen LogP contribution in [-0.2, 0) is 19.6 Å². The molecule has 2 aromatic carbocycles. The maximum Gasteiger partial charge on any atom is 0.265 e. The standard InChI is InChI=1S/C26H32ClN3O4S/c1-15-6-5-7-20(12-15)28-24(31)14-23-26(32)29-21-13-19(27)8-9-22(21)30(23)35(33,34)25-17(3)10-16(2)11-18(25)4/h8-11,13,15,20,23H,5-7,12,14H2,1-4H3,(H,28,31)(H,29,32). The molecule has 2 amide bonds. The summed E-state index contributed by atoms with van der Waals surface area (Å²) < 4.78 is 29.4. The Balaban J connectivity index is 1.74. The quantitative estimate of drug-likeness (QED) is 0.591. The number of anilines is 2. The van der Waals surface area contributed by atoms with Gasteiger partial charge in [0.1, 0.15) is 6.04 Å². The van der Waals surface area contributed by atoms with Crippen molar-refractivity contribution in [1.29, 1.82) is 0 Å². The lowest BCUT2D eigenvalue weighted by molar-refractivity contribution is -0.126. The van der Waals surface area contributed by atoms with Crippen molar-refractivity contribution in [2.24, 2.45) is 5.92 Å². The van der Waals surface area contributed by atoms with E-state index in [2.05, 4.69) is 17.6 Å². The number of aryl methyl sites for hydroxylation is 3. The van der Waals surface area contributed by atoms with Crippen LogP contribution < -0.4 is 14.9 Å². The number of nitrogens with one attached hydrogen (secondary N) is 2. The van der Waals surface area contributed by atoms with Gasteiger partial charge in [-0.25, -0.2) is 8.42 Å². The topological polar surface area (TPSA) is 95.6 Å². The van der Waals surface area contributed by atoms with E-state index in [9.17, 15) is 18.0 Å². The number of fused-ring (bicyclic) bond motifs is 1. The number of benzene rings is 2. The van der Waals surface area contributed by atoms with Gasteiger partial charge in [0, 0.05) is 11.1 Å². The highest BCUT2D eigenvalue weighted by Crippen LogP contribution is 2.40. The molecule has 1 fully saturated rings. The minimum atomic E-state index is -4.19. The monoisotopic (exact) mass is 517 g/mol. The number of hydrogen-bond donors (Lipinski definition) is 2. The van der Waals surface area contributed by atoms with Gasteiger partial charge in [-0.2, -0.15) is 0 Å². The van der Waals surface area contributed by atoms with Gasteiger partial charge in [0.2, 0.25) is 11.8 Å². The van der Waals surface area contributed by atoms with E-state index < -0.39 is 22.0 Å². The Morgan fingerprint density at radius 3 is 2.49 bits per heavy atom. The lowest BCUT2D eigenvalue weighted by Gasteiger charge is -2.37. The SMILES string of the molecule is Cc1cc(C)c(S(=O)(=O)N2c3ccc(Cl)cc3NC(=O)C2CC(=O)NC2CCCC(C)C2)c(C)c1. The predicted molar refractivity (Wildman–Crippen MR) is 138 cm³/mol. The third-order valence-corrected chi connectivity index (χ3v) is 9.21. The minimum absolute atomic E-state index is 0.0376. The molecule has 7 nitrogen and oxygen atoms in total. The summed E-state index contributed by atoms with van der Waals surface area (Å²) in [7, 11) is -4.19. The van der Waals surface area contributed by atoms with E-state index in [1.54, 1.807) is 38.1 Å². The van der Waals surface area contributed by atoms with E-state index in [1.807, 2.05) is 6.92 Å². The molecule has 1 saturated carbocycles. The second-order valence-electron chi connectivity index (χ2n) is 9.94. The highest BCUT2D eigenvalue weighted by atomic mass is 35.5. The summed E-state index contributed by atoms with van der Waals surface area (Å²) in [5.74, 6) is -0.370. The van der Waals surface area contributed by atoms with Gasteiger partial charge in [0.05, 0.1) is 22.7 Å². The van der Waals surface area contributed by atoms with Crippen molar-refractivity contribution in [1.82, 2.24) is 5.32 Å². The van der Waals surface area contributed by atoms with E-state index in [4.69, 9.17) is 11.6 Å². The number of hydrogen-bond acceptors (Lipinski definition) is 4. The number of halogens is 1. The Morgan fingerprint density at radius 1 is 1.14 bits per heavy atom. The van der Waals surface area contributed by atoms with E-state index >= 15 is 0 Å². The lowest BCUT2D eigenvalue weighted by atomic mass is 9.87. The van der Waals surface area contributed by atoms with E-state index in [1.165, 1.54) is 6.07 Å². The molecule has 0 saturated heterocycles. The van der Waals surface area contributed by atoms with Gasteiger partial charge in [-0.3, -0.25) is 13.9 Å². The van der Waals surface area contributed by atoms with Crippen molar-refractivity contribution in [2.45, 2.75) is 76.8 Å². The third kappa shape index (κ3) is 5.19. The van der Waals surface area contributed by atoms with Gasteiger partial charge in [-0.1, -0.05) is 49.1 Å². The molecule has 4 rings (SSSR count). The zero-order chi connectivity index (χ0) is 25.5. The third-order valence-electron chi connectivity index (χ3n) is 6.84. The molecule has 1 aliphatic carbocycles. The lowest BCUT2D eigenvalue weighted by Crippen LogP contribution is -2.53. The maximum absolute atomic E-state index is 14.1. The van der Waals surface area contributed by atoms with Crippen molar-refractivity contribution in [2.75, 3.05) is 9.62 Å². The summed E-state index contributed by atoms with van der Waals surface area (Å²) in [5, 5.41) is 6.15. The highest BCUT2D eigenvalue weighted by Gasteiger charge is 2.43. The molecule has 3 atom stereocenters. The predicted octanol–water partition coefficient (Wildman–Crippen LogP) is 4.87. The first kappa shape index (κ1) is 25.5.